The summed E-state index contributed by atoms with van der Waals surface area (Å²) in [4.78, 5) is 2.26. The Morgan fingerprint density at radius 1 is 1.10 bits per heavy atom. The predicted molar refractivity (Wildman–Crippen MR) is 88.4 cm³/mol. The molecule has 0 saturated carbocycles. The topological polar surface area (TPSA) is 26.0 Å². The number of halogens is 1. The van der Waals surface area contributed by atoms with Crippen molar-refractivity contribution in [1.29, 1.82) is 0 Å². The lowest BCUT2D eigenvalue weighted by Crippen LogP contribution is -2.21. The molecule has 2 aromatic rings. The van der Waals surface area contributed by atoms with Crippen molar-refractivity contribution in [2.75, 3.05) is 0 Å². The fourth-order valence-corrected chi connectivity index (χ4v) is 3.17. The molecule has 0 aliphatic rings. The van der Waals surface area contributed by atoms with E-state index >= 15 is 0 Å². The lowest BCUT2D eigenvalue weighted by Gasteiger charge is -2.14. The monoisotopic (exact) mass is 303 g/mol. The van der Waals surface area contributed by atoms with E-state index < -0.39 is 0 Å². The van der Waals surface area contributed by atoms with Crippen LogP contribution < -0.4 is 5.73 Å². The van der Waals surface area contributed by atoms with Crippen LogP contribution in [0, 0.1) is 19.7 Å². The van der Waals surface area contributed by atoms with Crippen molar-refractivity contribution in [3.8, 4) is 0 Å². The summed E-state index contributed by atoms with van der Waals surface area (Å²) in [5.41, 5.74) is 9.58. The lowest BCUT2D eigenvalue weighted by molar-refractivity contribution is 0.610. The molecule has 0 saturated heterocycles. The Morgan fingerprint density at radius 3 is 2.52 bits per heavy atom. The van der Waals surface area contributed by atoms with E-state index in [0.717, 1.165) is 16.9 Å². The maximum absolute atomic E-state index is 13.5. The molecule has 0 heterocycles. The van der Waals surface area contributed by atoms with Crippen molar-refractivity contribution < 1.29 is 4.39 Å². The van der Waals surface area contributed by atoms with Gasteiger partial charge in [-0.1, -0.05) is 24.8 Å². The van der Waals surface area contributed by atoms with E-state index in [0.29, 0.717) is 6.42 Å². The molecule has 1 nitrogen and oxygen atoms in total. The van der Waals surface area contributed by atoms with E-state index in [4.69, 9.17) is 5.73 Å². The molecule has 112 valence electrons. The highest BCUT2D eigenvalue weighted by Gasteiger charge is 2.10. The molecule has 0 fully saturated rings. The number of benzene rings is 2. The summed E-state index contributed by atoms with van der Waals surface area (Å²) < 4.78 is 13.5. The largest absolute Gasteiger partial charge is 0.327 e. The fourth-order valence-electron chi connectivity index (χ4n) is 2.14. The number of aryl methyl sites for hydroxylation is 2. The van der Waals surface area contributed by atoms with Crippen LogP contribution >= 0.6 is 11.8 Å². The zero-order chi connectivity index (χ0) is 15.4. The molecule has 0 aliphatic heterocycles. The standard InChI is InChI=1S/C18H22FNS/c1-4-16(20)11-14-10-15(19)6-8-18(14)21-17-7-5-12(2)13(3)9-17/h5-10,16H,4,11,20H2,1-3H3. The lowest BCUT2D eigenvalue weighted by atomic mass is 10.0. The van der Waals surface area contributed by atoms with Crippen LogP contribution in [0.2, 0.25) is 0 Å². The molecule has 2 aromatic carbocycles. The Bertz CT molecular complexity index is 625. The number of nitrogens with two attached hydrogens (primary N) is 1. The minimum absolute atomic E-state index is 0.0749. The molecular weight excluding hydrogens is 281 g/mol. The molecule has 1 unspecified atom stereocenters. The van der Waals surface area contributed by atoms with Crippen LogP contribution in [-0.2, 0) is 6.42 Å². The quantitative estimate of drug-likeness (QED) is 0.852. The normalized spacial score (nSPS) is 12.4. The predicted octanol–water partition coefficient (Wildman–Crippen LogP) is 4.87. The molecule has 2 N–H and O–H groups in total. The summed E-state index contributed by atoms with van der Waals surface area (Å²) in [6.07, 6.45) is 1.60. The third-order valence-corrected chi connectivity index (χ3v) is 4.84. The average Bonchev–Trinajstić information content (AvgIpc) is 2.45. The van der Waals surface area contributed by atoms with E-state index in [1.165, 1.54) is 22.1 Å². The van der Waals surface area contributed by atoms with Crippen LogP contribution in [0.25, 0.3) is 0 Å². The van der Waals surface area contributed by atoms with Gasteiger partial charge in [0.05, 0.1) is 0 Å². The second kappa shape index (κ2) is 7.10. The van der Waals surface area contributed by atoms with Crippen LogP contribution in [0.5, 0.6) is 0 Å². The molecule has 0 amide bonds. The van der Waals surface area contributed by atoms with Gasteiger partial charge in [0, 0.05) is 15.8 Å². The highest BCUT2D eigenvalue weighted by atomic mass is 32.2. The van der Waals surface area contributed by atoms with Crippen molar-refractivity contribution in [3.63, 3.8) is 0 Å². The first-order valence-electron chi connectivity index (χ1n) is 7.28. The van der Waals surface area contributed by atoms with Gasteiger partial charge >= 0.3 is 0 Å². The molecule has 2 rings (SSSR count). The van der Waals surface area contributed by atoms with E-state index in [2.05, 4.69) is 39.0 Å². The Labute approximate surface area is 130 Å². The molecule has 3 heteroatoms. The van der Waals surface area contributed by atoms with Crippen LogP contribution in [0.4, 0.5) is 4.39 Å². The molecule has 0 aromatic heterocycles. The number of rotatable bonds is 5. The van der Waals surface area contributed by atoms with E-state index in [1.807, 2.05) is 6.07 Å². The van der Waals surface area contributed by atoms with Crippen LogP contribution in [0.3, 0.4) is 0 Å². The summed E-state index contributed by atoms with van der Waals surface area (Å²) in [5, 5.41) is 0. The first kappa shape index (κ1) is 16.1. The van der Waals surface area contributed by atoms with Gasteiger partial charge in [0.2, 0.25) is 0 Å². The Hall–Kier alpha value is -1.32. The summed E-state index contributed by atoms with van der Waals surface area (Å²) in [5.74, 6) is -0.197. The Morgan fingerprint density at radius 2 is 1.86 bits per heavy atom. The minimum Gasteiger partial charge on any atom is -0.327 e. The molecule has 1 atom stereocenters. The van der Waals surface area contributed by atoms with Gasteiger partial charge in [0.15, 0.2) is 0 Å². The summed E-state index contributed by atoms with van der Waals surface area (Å²) in [6.45, 7) is 6.27. The molecule has 21 heavy (non-hydrogen) atoms. The van der Waals surface area contributed by atoms with Gasteiger partial charge in [-0.3, -0.25) is 0 Å². The summed E-state index contributed by atoms with van der Waals surface area (Å²) >= 11 is 1.68. The van der Waals surface area contributed by atoms with Gasteiger partial charge in [-0.25, -0.2) is 4.39 Å². The van der Waals surface area contributed by atoms with Crippen LogP contribution in [0.1, 0.15) is 30.0 Å². The third kappa shape index (κ3) is 4.32. The smallest absolute Gasteiger partial charge is 0.123 e. The molecule has 0 radical (unpaired) electrons. The maximum Gasteiger partial charge on any atom is 0.123 e. The van der Waals surface area contributed by atoms with Gasteiger partial charge < -0.3 is 5.73 Å². The SMILES string of the molecule is CCC(N)Cc1cc(F)ccc1Sc1ccc(C)c(C)c1. The van der Waals surface area contributed by atoms with Crippen molar-refractivity contribution in [2.24, 2.45) is 5.73 Å². The highest BCUT2D eigenvalue weighted by Crippen LogP contribution is 2.32. The van der Waals surface area contributed by atoms with Gasteiger partial charge in [0.1, 0.15) is 5.82 Å². The molecule has 0 bridgehead atoms. The van der Waals surface area contributed by atoms with Crippen LogP contribution in [0.15, 0.2) is 46.2 Å². The molecule has 0 spiro atoms. The number of hydrogen-bond donors (Lipinski definition) is 1. The Balaban J connectivity index is 2.28. The first-order chi connectivity index (χ1) is 9.99. The fraction of sp³-hybridized carbons (Fsp3) is 0.333. The van der Waals surface area contributed by atoms with E-state index in [9.17, 15) is 4.39 Å². The summed E-state index contributed by atoms with van der Waals surface area (Å²) in [6, 6.07) is 11.5. The highest BCUT2D eigenvalue weighted by molar-refractivity contribution is 7.99. The van der Waals surface area contributed by atoms with Crippen molar-refractivity contribution in [1.82, 2.24) is 0 Å². The second-order valence-electron chi connectivity index (χ2n) is 5.47. The number of hydrogen-bond acceptors (Lipinski definition) is 2. The zero-order valence-corrected chi connectivity index (χ0v) is 13.6. The third-order valence-electron chi connectivity index (χ3n) is 3.74. The summed E-state index contributed by atoms with van der Waals surface area (Å²) in [7, 11) is 0. The second-order valence-corrected chi connectivity index (χ2v) is 6.59. The van der Waals surface area contributed by atoms with Crippen LogP contribution in [-0.4, -0.2) is 6.04 Å². The van der Waals surface area contributed by atoms with Crippen molar-refractivity contribution >= 4 is 11.8 Å². The van der Waals surface area contributed by atoms with Crippen molar-refractivity contribution in [3.05, 3.63) is 58.9 Å². The van der Waals surface area contributed by atoms with Gasteiger partial charge in [-0.05, 0) is 73.7 Å². The molecular formula is C18H22FNS. The average molecular weight is 303 g/mol. The maximum atomic E-state index is 13.5. The Kier molecular flexibility index (Phi) is 5.43. The first-order valence-corrected chi connectivity index (χ1v) is 8.10. The molecule has 0 aliphatic carbocycles. The zero-order valence-electron chi connectivity index (χ0n) is 12.8. The van der Waals surface area contributed by atoms with Gasteiger partial charge in [-0.15, -0.1) is 0 Å². The van der Waals surface area contributed by atoms with Gasteiger partial charge in [0.25, 0.3) is 0 Å². The van der Waals surface area contributed by atoms with E-state index in [-0.39, 0.29) is 11.9 Å². The van der Waals surface area contributed by atoms with E-state index in [1.54, 1.807) is 17.8 Å². The van der Waals surface area contributed by atoms with Gasteiger partial charge in [-0.2, -0.15) is 0 Å². The minimum atomic E-state index is -0.197. The van der Waals surface area contributed by atoms with Crippen molar-refractivity contribution in [2.45, 2.75) is 49.4 Å².